The van der Waals surface area contributed by atoms with E-state index >= 15 is 0 Å². The van der Waals surface area contributed by atoms with Gasteiger partial charge >= 0.3 is 0 Å². The third-order valence-corrected chi connectivity index (χ3v) is 5.92. The molecule has 2 N–H and O–H groups in total. The highest BCUT2D eigenvalue weighted by molar-refractivity contribution is 7.99. The molecule has 0 aliphatic rings. The second-order valence-corrected chi connectivity index (χ2v) is 8.13. The van der Waals surface area contributed by atoms with Crippen molar-refractivity contribution in [2.75, 3.05) is 31.5 Å². The Morgan fingerprint density at radius 2 is 1.94 bits per heavy atom. The van der Waals surface area contributed by atoms with Gasteiger partial charge in [0.05, 0.1) is 31.2 Å². The van der Waals surface area contributed by atoms with Gasteiger partial charge in [0, 0.05) is 23.4 Å². The number of thioether (sulfide) groups is 2. The van der Waals surface area contributed by atoms with Crippen LogP contribution in [0.1, 0.15) is 17.3 Å². The van der Waals surface area contributed by atoms with Gasteiger partial charge in [-0.15, -0.1) is 16.9 Å². The number of aromatic nitrogens is 3. The summed E-state index contributed by atoms with van der Waals surface area (Å²) in [5, 5.41) is 10.3. The molecule has 0 aliphatic heterocycles. The molecule has 162 valence electrons. The molecule has 1 heterocycles. The number of hydrogen-bond acceptors (Lipinski definition) is 8. The van der Waals surface area contributed by atoms with Gasteiger partial charge in [-0.05, 0) is 36.6 Å². The lowest BCUT2D eigenvalue weighted by Crippen LogP contribution is -2.08. The number of carbonyl (C=O) groups excluding carboxylic acids is 2. The lowest BCUT2D eigenvalue weighted by atomic mass is 10.1. The minimum absolute atomic E-state index is 0.0527. The fourth-order valence-electron chi connectivity index (χ4n) is 2.80. The molecule has 31 heavy (non-hydrogen) atoms. The van der Waals surface area contributed by atoms with Crippen molar-refractivity contribution in [3.63, 3.8) is 0 Å². The number of anilines is 1. The highest BCUT2D eigenvalue weighted by Crippen LogP contribution is 2.32. The van der Waals surface area contributed by atoms with E-state index in [2.05, 4.69) is 20.5 Å². The maximum atomic E-state index is 12.7. The Kier molecular flexibility index (Phi) is 7.59. The van der Waals surface area contributed by atoms with Gasteiger partial charge in [0.2, 0.25) is 11.1 Å². The number of amides is 1. The number of methoxy groups -OCH3 is 2. The molecular formula is C21H22N4O4S2. The molecule has 0 saturated heterocycles. The topological polar surface area (TPSA) is 106 Å². The molecule has 0 aliphatic carbocycles. The predicted octanol–water partition coefficient (Wildman–Crippen LogP) is 4.14. The molecular weight excluding hydrogens is 436 g/mol. The van der Waals surface area contributed by atoms with Crippen LogP contribution >= 0.6 is 23.5 Å². The van der Waals surface area contributed by atoms with Crippen LogP contribution in [0.15, 0.2) is 46.5 Å². The van der Waals surface area contributed by atoms with Crippen LogP contribution in [0.25, 0.3) is 11.4 Å². The van der Waals surface area contributed by atoms with Crippen LogP contribution in [0.5, 0.6) is 11.5 Å². The highest BCUT2D eigenvalue weighted by Gasteiger charge is 2.15. The van der Waals surface area contributed by atoms with Crippen molar-refractivity contribution in [1.82, 2.24) is 15.2 Å². The van der Waals surface area contributed by atoms with Gasteiger partial charge in [0.15, 0.2) is 11.6 Å². The van der Waals surface area contributed by atoms with Crippen LogP contribution in [-0.2, 0) is 4.79 Å². The first-order chi connectivity index (χ1) is 14.9. The minimum Gasteiger partial charge on any atom is -0.497 e. The van der Waals surface area contributed by atoms with Gasteiger partial charge < -0.3 is 14.8 Å². The van der Waals surface area contributed by atoms with E-state index in [0.717, 1.165) is 10.5 Å². The number of benzene rings is 2. The molecule has 1 amide bonds. The fraction of sp³-hybridized carbons (Fsp3) is 0.238. The summed E-state index contributed by atoms with van der Waals surface area (Å²) >= 11 is 2.71. The van der Waals surface area contributed by atoms with Crippen LogP contribution in [0.2, 0.25) is 0 Å². The largest absolute Gasteiger partial charge is 0.497 e. The van der Waals surface area contributed by atoms with Gasteiger partial charge in [-0.3, -0.25) is 14.7 Å². The Hall–Kier alpha value is -2.98. The second kappa shape index (κ2) is 10.4. The predicted molar refractivity (Wildman–Crippen MR) is 123 cm³/mol. The highest BCUT2D eigenvalue weighted by atomic mass is 32.2. The van der Waals surface area contributed by atoms with E-state index < -0.39 is 0 Å². The standard InChI is InChI=1S/C21H22N4O4S2/c1-12(26)22-16-8-5-13(9-19(16)30-4)17(27)11-31-21-23-20(24-25-21)15-7-6-14(28-2)10-18(15)29-3/h5-10H,11H2,1-4H3,(H,22,26)(H,23,24,25). The number of rotatable bonds is 9. The number of nitrogens with one attached hydrogen (secondary N) is 2. The molecule has 0 fully saturated rings. The first-order valence-electron chi connectivity index (χ1n) is 9.21. The van der Waals surface area contributed by atoms with Crippen molar-refractivity contribution in [2.45, 2.75) is 17.0 Å². The fourth-order valence-corrected chi connectivity index (χ4v) is 4.07. The summed E-state index contributed by atoms with van der Waals surface area (Å²) in [6.45, 7) is 1.45. The van der Waals surface area contributed by atoms with Gasteiger partial charge in [-0.1, -0.05) is 11.8 Å². The number of hydrogen-bond donors (Lipinski definition) is 2. The van der Waals surface area contributed by atoms with Gasteiger partial charge in [0.25, 0.3) is 0 Å². The van der Waals surface area contributed by atoms with Gasteiger partial charge in [0.1, 0.15) is 11.5 Å². The Balaban J connectivity index is 1.70. The van der Waals surface area contributed by atoms with Crippen LogP contribution in [0.4, 0.5) is 5.69 Å². The molecule has 10 heteroatoms. The summed E-state index contributed by atoms with van der Waals surface area (Å²) in [7, 11) is 3.16. The molecule has 1 aromatic heterocycles. The summed E-state index contributed by atoms with van der Waals surface area (Å²) in [5.74, 6) is 1.80. The van der Waals surface area contributed by atoms with Crippen molar-refractivity contribution >= 4 is 40.9 Å². The molecule has 0 atom stereocenters. The van der Waals surface area contributed by atoms with Crippen LogP contribution in [0, 0.1) is 0 Å². The number of ether oxygens (including phenoxy) is 2. The zero-order chi connectivity index (χ0) is 22.4. The number of ketones is 1. The number of Topliss-reactive ketones (excluding diaryl/α,β-unsaturated/α-hetero) is 1. The van der Waals surface area contributed by atoms with E-state index in [1.165, 1.54) is 30.4 Å². The normalized spacial score (nSPS) is 10.6. The van der Waals surface area contributed by atoms with Gasteiger partial charge in [-0.25, -0.2) is 4.98 Å². The third-order valence-electron chi connectivity index (χ3n) is 4.30. The first kappa shape index (κ1) is 22.7. The van der Waals surface area contributed by atoms with Crippen molar-refractivity contribution in [3.8, 4) is 22.9 Å². The molecule has 8 nitrogen and oxygen atoms in total. The molecule has 0 radical (unpaired) electrons. The smallest absolute Gasteiger partial charge is 0.221 e. The Bertz CT molecular complexity index is 1100. The SMILES string of the molecule is COc1ccc(-c2nc(SCC(=O)c3ccc(NC(C)=O)c(SC)c3)n[nH]2)c(OC)c1. The number of carbonyl (C=O) groups is 2. The second-order valence-electron chi connectivity index (χ2n) is 6.34. The van der Waals surface area contributed by atoms with E-state index in [-0.39, 0.29) is 17.4 Å². The van der Waals surface area contributed by atoms with E-state index in [0.29, 0.717) is 33.7 Å². The molecule has 3 rings (SSSR count). The number of H-pyrrole nitrogens is 1. The summed E-state index contributed by atoms with van der Waals surface area (Å²) in [4.78, 5) is 29.3. The summed E-state index contributed by atoms with van der Waals surface area (Å²) < 4.78 is 10.6. The van der Waals surface area contributed by atoms with Crippen LogP contribution < -0.4 is 14.8 Å². The Morgan fingerprint density at radius 3 is 2.61 bits per heavy atom. The maximum absolute atomic E-state index is 12.7. The lowest BCUT2D eigenvalue weighted by molar-refractivity contribution is -0.114. The zero-order valence-electron chi connectivity index (χ0n) is 17.5. The minimum atomic E-state index is -0.154. The van der Waals surface area contributed by atoms with Crippen molar-refractivity contribution < 1.29 is 19.1 Å². The monoisotopic (exact) mass is 458 g/mol. The molecule has 0 saturated carbocycles. The van der Waals surface area contributed by atoms with Crippen LogP contribution in [-0.4, -0.2) is 53.1 Å². The Labute approximate surface area is 188 Å². The average molecular weight is 459 g/mol. The molecule has 0 unspecified atom stereocenters. The third kappa shape index (κ3) is 5.59. The van der Waals surface area contributed by atoms with E-state index in [4.69, 9.17) is 9.47 Å². The van der Waals surface area contributed by atoms with Gasteiger partial charge in [-0.2, -0.15) is 0 Å². The van der Waals surface area contributed by atoms with Crippen molar-refractivity contribution in [2.24, 2.45) is 0 Å². The summed E-state index contributed by atoms with van der Waals surface area (Å²) in [6, 6.07) is 10.6. The molecule has 2 aromatic carbocycles. The maximum Gasteiger partial charge on any atom is 0.221 e. The van der Waals surface area contributed by atoms with Crippen LogP contribution in [0.3, 0.4) is 0 Å². The average Bonchev–Trinajstić information content (AvgIpc) is 3.25. The molecule has 0 bridgehead atoms. The number of aromatic amines is 1. The van der Waals surface area contributed by atoms with E-state index in [9.17, 15) is 9.59 Å². The van der Waals surface area contributed by atoms with Crippen molar-refractivity contribution in [3.05, 3.63) is 42.0 Å². The Morgan fingerprint density at radius 1 is 1.13 bits per heavy atom. The summed E-state index contributed by atoms with van der Waals surface area (Å²) in [6.07, 6.45) is 1.90. The lowest BCUT2D eigenvalue weighted by Gasteiger charge is -2.09. The van der Waals surface area contributed by atoms with Crippen molar-refractivity contribution in [1.29, 1.82) is 0 Å². The van der Waals surface area contributed by atoms with E-state index in [1.807, 2.05) is 18.4 Å². The molecule has 0 spiro atoms. The number of nitrogens with zero attached hydrogens (tertiary/aromatic N) is 2. The quantitative estimate of drug-likeness (QED) is 0.364. The first-order valence-corrected chi connectivity index (χ1v) is 11.4. The molecule has 3 aromatic rings. The zero-order valence-corrected chi connectivity index (χ0v) is 19.1. The summed E-state index contributed by atoms with van der Waals surface area (Å²) in [5.41, 5.74) is 2.00. The van der Waals surface area contributed by atoms with E-state index in [1.54, 1.807) is 38.5 Å².